The number of nitrogens with zero attached hydrogens (tertiary/aromatic N) is 4. The Bertz CT molecular complexity index is 1140. The summed E-state index contributed by atoms with van der Waals surface area (Å²) < 4.78 is 37.4. The summed E-state index contributed by atoms with van der Waals surface area (Å²) in [4.78, 5) is 2.09. The van der Waals surface area contributed by atoms with Crippen molar-refractivity contribution in [2.24, 2.45) is 17.3 Å². The molecule has 0 aliphatic heterocycles. The van der Waals surface area contributed by atoms with Crippen LogP contribution in [-0.4, -0.2) is 32.7 Å². The molecule has 1 N–H and O–H groups in total. The van der Waals surface area contributed by atoms with Crippen molar-refractivity contribution in [3.05, 3.63) is 48.0 Å². The maximum absolute atomic E-state index is 10.6. The maximum atomic E-state index is 10.6. The number of azo groups is 1. The highest BCUT2D eigenvalue weighted by atomic mass is 32.3. The molecule has 0 amide bonds. The molecular weight excluding hydrogens is 424 g/mol. The molecule has 0 spiro atoms. The van der Waals surface area contributed by atoms with Crippen LogP contribution in [-0.2, 0) is 21.6 Å². The number of fused-ring (bicyclic) bond motifs is 1. The van der Waals surface area contributed by atoms with Crippen LogP contribution in [0.5, 0.6) is 0 Å². The third-order valence-corrected chi connectivity index (χ3v) is 6.17. The van der Waals surface area contributed by atoms with E-state index in [1.165, 1.54) is 10.3 Å². The average molecular weight is 450 g/mol. The van der Waals surface area contributed by atoms with Gasteiger partial charge in [0, 0.05) is 18.8 Å². The highest BCUT2D eigenvalue weighted by molar-refractivity contribution is 7.80. The van der Waals surface area contributed by atoms with Crippen molar-refractivity contribution < 1.29 is 21.7 Å². The molecule has 0 saturated heterocycles. The number of hydrogen-bond donors (Lipinski definition) is 1. The van der Waals surface area contributed by atoms with Crippen LogP contribution < -0.4 is 9.47 Å². The Morgan fingerprint density at radius 1 is 1.17 bits per heavy atom. The van der Waals surface area contributed by atoms with Gasteiger partial charge in [0.05, 0.1) is 23.5 Å². The first-order valence-electron chi connectivity index (χ1n) is 9.54. The van der Waals surface area contributed by atoms with Crippen LogP contribution in [0.2, 0.25) is 0 Å². The molecule has 2 aromatic carbocycles. The molecule has 0 unspecified atom stereocenters. The molecule has 0 fully saturated rings. The lowest BCUT2D eigenvalue weighted by Crippen LogP contribution is -2.25. The molecule has 3 rings (SSSR count). The summed E-state index contributed by atoms with van der Waals surface area (Å²) in [7, 11) is -2.40. The summed E-state index contributed by atoms with van der Waals surface area (Å²) in [5.41, 5.74) is 4.09. The third-order valence-electron chi connectivity index (χ3n) is 4.62. The molecule has 1 aromatic heterocycles. The van der Waals surface area contributed by atoms with Gasteiger partial charge in [-0.15, -0.1) is 0 Å². The average Bonchev–Trinajstić information content (AvgIpc) is 3.01. The molecule has 0 aliphatic carbocycles. The second-order valence-corrected chi connectivity index (χ2v) is 8.91. The third kappa shape index (κ3) is 5.82. The molecule has 3 aromatic rings. The van der Waals surface area contributed by atoms with Gasteiger partial charge in [-0.1, -0.05) is 6.07 Å². The van der Waals surface area contributed by atoms with Crippen molar-refractivity contribution in [2.45, 2.75) is 20.3 Å². The van der Waals surface area contributed by atoms with E-state index in [0.29, 0.717) is 13.0 Å². The van der Waals surface area contributed by atoms with Crippen LogP contribution in [0.4, 0.5) is 16.5 Å². The molecule has 160 valence electrons. The Kier molecular flexibility index (Phi) is 7.14. The molecule has 10 heteroatoms. The second kappa shape index (κ2) is 9.61. The van der Waals surface area contributed by atoms with Crippen molar-refractivity contribution >= 4 is 48.5 Å². The number of anilines is 1. The van der Waals surface area contributed by atoms with Gasteiger partial charge in [-0.2, -0.15) is 8.42 Å². The molecule has 0 atom stereocenters. The van der Waals surface area contributed by atoms with Crippen molar-refractivity contribution in [1.82, 2.24) is 0 Å². The fourth-order valence-corrected chi connectivity index (χ4v) is 4.45. The zero-order valence-electron chi connectivity index (χ0n) is 17.1. The first-order valence-corrected chi connectivity index (χ1v) is 11.7. The molecule has 30 heavy (non-hydrogen) atoms. The van der Waals surface area contributed by atoms with Gasteiger partial charge in [0.15, 0.2) is 0 Å². The minimum Gasteiger partial charge on any atom is -0.372 e. The highest BCUT2D eigenvalue weighted by Gasteiger charge is 2.16. The molecule has 0 aliphatic rings. The Labute approximate surface area is 180 Å². The van der Waals surface area contributed by atoms with E-state index in [1.807, 2.05) is 42.8 Å². The monoisotopic (exact) mass is 449 g/mol. The maximum Gasteiger partial charge on any atom is 0.409 e. The standard InChI is InChI=1S/C20H24N4O4S2/c1-4-24(12-5-13-28-30(25,26)27)17-9-7-16(8-10-17)21-22-20-23(3)18-11-6-15(2)14-19(18)29-20/h6-11,14H,4-5,12-13H2,1-3H3/p+1. The van der Waals surface area contributed by atoms with Crippen LogP contribution in [0.25, 0.3) is 10.2 Å². The van der Waals surface area contributed by atoms with E-state index in [-0.39, 0.29) is 6.61 Å². The summed E-state index contributed by atoms with van der Waals surface area (Å²) in [6, 6.07) is 14.0. The Balaban J connectivity index is 1.65. The summed E-state index contributed by atoms with van der Waals surface area (Å²) in [6.45, 7) is 5.38. The van der Waals surface area contributed by atoms with E-state index < -0.39 is 10.4 Å². The Morgan fingerprint density at radius 3 is 2.57 bits per heavy atom. The van der Waals surface area contributed by atoms with Gasteiger partial charge in [-0.3, -0.25) is 4.55 Å². The van der Waals surface area contributed by atoms with Gasteiger partial charge in [0.25, 0.3) is 0 Å². The largest absolute Gasteiger partial charge is 0.409 e. The highest BCUT2D eigenvalue weighted by Crippen LogP contribution is 2.28. The zero-order valence-corrected chi connectivity index (χ0v) is 18.8. The van der Waals surface area contributed by atoms with Gasteiger partial charge in [-0.05, 0) is 78.7 Å². The Hall–Kier alpha value is -2.40. The SMILES string of the molecule is CCN(CCCOS(=O)(=O)O)c1ccc(N=Nc2sc3cc(C)ccc3[n+]2C)cc1. The van der Waals surface area contributed by atoms with E-state index in [1.54, 1.807) is 11.3 Å². The number of thiazole rings is 1. The van der Waals surface area contributed by atoms with Crippen LogP contribution >= 0.6 is 11.3 Å². The lowest BCUT2D eigenvalue weighted by Gasteiger charge is -2.22. The summed E-state index contributed by atoms with van der Waals surface area (Å²) in [5.74, 6) is 0. The first-order chi connectivity index (χ1) is 14.3. The van der Waals surface area contributed by atoms with Gasteiger partial charge in [0.2, 0.25) is 0 Å². The summed E-state index contributed by atoms with van der Waals surface area (Å²) in [5, 5.41) is 9.61. The van der Waals surface area contributed by atoms with Crippen molar-refractivity contribution in [2.75, 3.05) is 24.6 Å². The minimum absolute atomic E-state index is 0.0622. The van der Waals surface area contributed by atoms with E-state index in [0.717, 1.165) is 28.6 Å². The molecular formula is C20H25N4O4S2+. The normalized spacial score (nSPS) is 12.1. The fourth-order valence-electron chi connectivity index (χ4n) is 3.06. The molecule has 0 saturated carbocycles. The van der Waals surface area contributed by atoms with E-state index in [2.05, 4.69) is 44.4 Å². The van der Waals surface area contributed by atoms with Crippen molar-refractivity contribution in [3.63, 3.8) is 0 Å². The predicted octanol–water partition coefficient (Wildman–Crippen LogP) is 4.49. The molecule has 8 nitrogen and oxygen atoms in total. The Morgan fingerprint density at radius 2 is 1.90 bits per heavy atom. The lowest BCUT2D eigenvalue weighted by molar-refractivity contribution is -0.627. The number of rotatable bonds is 9. The number of aromatic nitrogens is 1. The number of benzene rings is 2. The van der Waals surface area contributed by atoms with Gasteiger partial charge in [-0.25, -0.2) is 8.75 Å². The van der Waals surface area contributed by atoms with Gasteiger partial charge < -0.3 is 4.90 Å². The van der Waals surface area contributed by atoms with Gasteiger partial charge in [0.1, 0.15) is 11.2 Å². The fraction of sp³-hybridized carbons (Fsp3) is 0.350. The number of aryl methyl sites for hydroxylation is 2. The summed E-state index contributed by atoms with van der Waals surface area (Å²) >= 11 is 1.60. The van der Waals surface area contributed by atoms with Crippen molar-refractivity contribution in [1.29, 1.82) is 0 Å². The molecule has 1 heterocycles. The quantitative estimate of drug-likeness (QED) is 0.225. The van der Waals surface area contributed by atoms with Crippen LogP contribution in [0.3, 0.4) is 0 Å². The lowest BCUT2D eigenvalue weighted by atomic mass is 10.2. The smallest absolute Gasteiger partial charge is 0.372 e. The topological polar surface area (TPSA) is 95.4 Å². The van der Waals surface area contributed by atoms with Crippen LogP contribution in [0.1, 0.15) is 18.9 Å². The van der Waals surface area contributed by atoms with Crippen LogP contribution in [0, 0.1) is 6.92 Å². The molecule has 0 bridgehead atoms. The molecule has 0 radical (unpaired) electrons. The van der Waals surface area contributed by atoms with Crippen molar-refractivity contribution in [3.8, 4) is 0 Å². The first kappa shape index (κ1) is 22.3. The summed E-state index contributed by atoms with van der Waals surface area (Å²) in [6.07, 6.45) is 0.469. The number of hydrogen-bond acceptors (Lipinski definition) is 7. The van der Waals surface area contributed by atoms with Crippen LogP contribution in [0.15, 0.2) is 52.7 Å². The predicted molar refractivity (Wildman–Crippen MR) is 118 cm³/mol. The van der Waals surface area contributed by atoms with E-state index in [4.69, 9.17) is 4.55 Å². The van der Waals surface area contributed by atoms with E-state index in [9.17, 15) is 8.42 Å². The van der Waals surface area contributed by atoms with Gasteiger partial charge >= 0.3 is 15.5 Å². The van der Waals surface area contributed by atoms with E-state index >= 15 is 0 Å². The zero-order chi connectivity index (χ0) is 21.7. The minimum atomic E-state index is -4.38. The second-order valence-electron chi connectivity index (χ2n) is 6.81.